The Morgan fingerprint density at radius 3 is 1.89 bits per heavy atom. The van der Waals surface area contributed by atoms with Crippen LogP contribution in [0.15, 0.2) is 91.0 Å². The van der Waals surface area contributed by atoms with Crippen molar-refractivity contribution in [3.8, 4) is 11.1 Å². The zero-order valence-corrected chi connectivity index (χ0v) is 37.0. The van der Waals surface area contributed by atoms with Gasteiger partial charge in [-0.1, -0.05) is 80.6 Å². The van der Waals surface area contributed by atoms with Crippen molar-refractivity contribution in [1.82, 2.24) is 40.4 Å². The van der Waals surface area contributed by atoms with Crippen LogP contribution < -0.4 is 10.6 Å². The van der Waals surface area contributed by atoms with Gasteiger partial charge in [0.1, 0.15) is 23.7 Å². The number of rotatable bonds is 11. The van der Waals surface area contributed by atoms with E-state index in [1.165, 1.54) is 14.2 Å². The summed E-state index contributed by atoms with van der Waals surface area (Å²) in [4.78, 5) is 74.1. The van der Waals surface area contributed by atoms with E-state index in [2.05, 4.69) is 69.1 Å². The van der Waals surface area contributed by atoms with E-state index >= 15 is 0 Å². The number of hydrogen-bond acceptors (Lipinski definition) is 9. The van der Waals surface area contributed by atoms with Crippen LogP contribution in [0.4, 0.5) is 9.59 Å². The van der Waals surface area contributed by atoms with Crippen molar-refractivity contribution in [3.63, 3.8) is 0 Å². The van der Waals surface area contributed by atoms with Crippen LogP contribution in [0.1, 0.15) is 68.4 Å². The second-order valence-electron chi connectivity index (χ2n) is 18.0. The zero-order chi connectivity index (χ0) is 45.1. The number of nitrogens with zero attached hydrogens (tertiary/aromatic N) is 4. The second-order valence-corrected chi connectivity index (χ2v) is 18.0. The molecule has 1 saturated carbocycles. The van der Waals surface area contributed by atoms with E-state index in [0.29, 0.717) is 36.9 Å². The number of aromatic amines is 2. The van der Waals surface area contributed by atoms with Crippen LogP contribution in [0.25, 0.3) is 54.7 Å². The molecule has 15 heteroatoms. The van der Waals surface area contributed by atoms with Gasteiger partial charge in [0, 0.05) is 36.4 Å². The standard InChI is InChI=1S/C50H52N8O7/c1-26(2)41(55-49(61)64-4)47(59)57-24-27(25-63-3)19-39(57)45-51-36-17-13-31-20-29(11-15-34(31)43(36)53-45)30-12-16-35-32(21-30)14-18-37-44(35)54-46(52-37)40-23-33-22-38(33)58(40)48(60)42(56-50(62)65-5)28-9-7-6-8-10-28/h6-18,20-21,26-27,33,38-42H,19,22-25H2,1-5H3,(H,51,53)(H,52,54)(H,55,61)(H,56,62)/t27-,33+,38+,39-,40-,41-,42+/m0/s1. The number of aromatic nitrogens is 4. The minimum atomic E-state index is -0.886. The number of amides is 4. The van der Waals surface area contributed by atoms with Gasteiger partial charge < -0.3 is 44.6 Å². The number of carbonyl (C=O) groups is 4. The lowest BCUT2D eigenvalue weighted by Crippen LogP contribution is -2.51. The van der Waals surface area contributed by atoms with E-state index in [-0.39, 0.29) is 41.8 Å². The van der Waals surface area contributed by atoms with E-state index in [4.69, 9.17) is 24.2 Å². The number of fused-ring (bicyclic) bond motifs is 7. The van der Waals surface area contributed by atoms with Gasteiger partial charge >= 0.3 is 12.2 Å². The highest BCUT2D eigenvalue weighted by Crippen LogP contribution is 2.54. The lowest BCUT2D eigenvalue weighted by atomic mass is 9.98. The molecule has 2 saturated heterocycles. The van der Waals surface area contributed by atoms with E-state index in [0.717, 1.165) is 73.4 Å². The Morgan fingerprint density at radius 1 is 0.708 bits per heavy atom. The fraction of sp³-hybridized carbons (Fsp3) is 0.360. The molecule has 7 atom stereocenters. The highest BCUT2D eigenvalue weighted by Gasteiger charge is 2.56. The third-order valence-corrected chi connectivity index (χ3v) is 13.6. The Balaban J connectivity index is 0.923. The van der Waals surface area contributed by atoms with Crippen molar-refractivity contribution in [2.24, 2.45) is 17.8 Å². The quantitative estimate of drug-likeness (QED) is 0.0998. The first kappa shape index (κ1) is 42.0. The number of benzene rings is 5. The molecule has 0 radical (unpaired) electrons. The molecule has 4 heterocycles. The fourth-order valence-electron chi connectivity index (χ4n) is 10.3. The van der Waals surface area contributed by atoms with E-state index < -0.39 is 24.3 Å². The average Bonchev–Trinajstić information content (AvgIpc) is 3.75. The molecular weight excluding hydrogens is 825 g/mol. The van der Waals surface area contributed by atoms with Gasteiger partial charge in [-0.05, 0) is 82.8 Å². The number of nitrogens with one attached hydrogen (secondary N) is 4. The number of piperidine rings is 1. The second kappa shape index (κ2) is 16.8. The monoisotopic (exact) mass is 876 g/mol. The Kier molecular flexibility index (Phi) is 10.9. The van der Waals surface area contributed by atoms with Crippen molar-refractivity contribution >= 4 is 67.6 Å². The number of carbonyl (C=O) groups excluding carboxylic acids is 4. The van der Waals surface area contributed by atoms with Crippen LogP contribution in [-0.4, -0.2) is 100 Å². The average molecular weight is 877 g/mol. The molecule has 0 bridgehead atoms. The summed E-state index contributed by atoms with van der Waals surface area (Å²) in [6.07, 6.45) is 1.10. The number of likely N-dealkylation sites (tertiary alicyclic amines) is 2. The molecule has 65 heavy (non-hydrogen) atoms. The molecular formula is C50H52N8O7. The molecule has 5 aromatic carbocycles. The van der Waals surface area contributed by atoms with Gasteiger partial charge in [0.15, 0.2) is 0 Å². The van der Waals surface area contributed by atoms with Crippen molar-refractivity contribution in [3.05, 3.63) is 108 Å². The van der Waals surface area contributed by atoms with E-state index in [1.54, 1.807) is 7.11 Å². The van der Waals surface area contributed by atoms with Crippen LogP contribution in [0.2, 0.25) is 0 Å². The minimum absolute atomic E-state index is 0.0989. The van der Waals surface area contributed by atoms with Gasteiger partial charge in [0.05, 0.1) is 55.0 Å². The highest BCUT2D eigenvalue weighted by atomic mass is 16.5. The van der Waals surface area contributed by atoms with Gasteiger partial charge in [0.25, 0.3) is 5.91 Å². The Morgan fingerprint density at radius 2 is 1.31 bits per heavy atom. The van der Waals surface area contributed by atoms with Gasteiger partial charge in [-0.2, -0.15) is 0 Å². The van der Waals surface area contributed by atoms with E-state index in [1.807, 2.05) is 66.1 Å². The summed E-state index contributed by atoms with van der Waals surface area (Å²) in [5.74, 6) is 1.42. The molecule has 15 nitrogen and oxygen atoms in total. The summed E-state index contributed by atoms with van der Waals surface area (Å²) < 4.78 is 15.3. The molecule has 2 aromatic heterocycles. The van der Waals surface area contributed by atoms with E-state index in [9.17, 15) is 19.2 Å². The first-order valence-corrected chi connectivity index (χ1v) is 22.2. The fourth-order valence-corrected chi connectivity index (χ4v) is 10.3. The maximum absolute atomic E-state index is 14.3. The first-order valence-electron chi connectivity index (χ1n) is 22.2. The minimum Gasteiger partial charge on any atom is -0.453 e. The molecule has 3 aliphatic rings. The lowest BCUT2D eigenvalue weighted by molar-refractivity contribution is -0.136. The van der Waals surface area contributed by atoms with Crippen LogP contribution in [0.3, 0.4) is 0 Å². The number of imidazole rings is 2. The molecule has 1 aliphatic carbocycles. The highest BCUT2D eigenvalue weighted by molar-refractivity contribution is 6.07. The lowest BCUT2D eigenvalue weighted by Gasteiger charge is -2.30. The molecule has 4 amide bonds. The van der Waals surface area contributed by atoms with Crippen LogP contribution in [-0.2, 0) is 23.8 Å². The molecule has 2 aliphatic heterocycles. The normalized spacial score (nSPS) is 21.2. The predicted octanol–water partition coefficient (Wildman–Crippen LogP) is 8.09. The Bertz CT molecular complexity index is 2980. The number of ether oxygens (including phenoxy) is 3. The summed E-state index contributed by atoms with van der Waals surface area (Å²) in [5, 5.41) is 9.58. The molecule has 0 unspecified atom stereocenters. The summed E-state index contributed by atoms with van der Waals surface area (Å²) in [5.41, 5.74) is 6.24. The molecule has 3 fully saturated rings. The largest absolute Gasteiger partial charge is 0.453 e. The van der Waals surface area contributed by atoms with Crippen LogP contribution in [0, 0.1) is 17.8 Å². The van der Waals surface area contributed by atoms with Gasteiger partial charge in [-0.25, -0.2) is 19.6 Å². The van der Waals surface area contributed by atoms with Crippen molar-refractivity contribution < 1.29 is 33.4 Å². The van der Waals surface area contributed by atoms with Crippen molar-refractivity contribution in [2.75, 3.05) is 34.5 Å². The Labute approximate surface area is 375 Å². The van der Waals surface area contributed by atoms with Crippen molar-refractivity contribution in [1.29, 1.82) is 0 Å². The molecule has 4 N–H and O–H groups in total. The Hall–Kier alpha value is -7.00. The van der Waals surface area contributed by atoms with Gasteiger partial charge in [-0.3, -0.25) is 9.59 Å². The number of H-pyrrole nitrogens is 2. The van der Waals surface area contributed by atoms with Gasteiger partial charge in [-0.15, -0.1) is 0 Å². The molecule has 334 valence electrons. The summed E-state index contributed by atoms with van der Waals surface area (Å²) in [7, 11) is 4.25. The molecule has 10 rings (SSSR count). The third-order valence-electron chi connectivity index (χ3n) is 13.6. The predicted molar refractivity (Wildman–Crippen MR) is 246 cm³/mol. The summed E-state index contributed by atoms with van der Waals surface area (Å²) in [6, 6.07) is 28.2. The molecule has 0 spiro atoms. The smallest absolute Gasteiger partial charge is 0.407 e. The molecule has 7 aromatic rings. The first-order chi connectivity index (χ1) is 31.5. The SMILES string of the molecule is COC[C@H]1C[C@@H](c2nc3c(ccc4cc(-c5ccc6c(ccc7[nH]c([C@@H]8C[C@H]9C[C@H]9N8C(=O)[C@H](NC(=O)OC)c8ccccc8)nc76)c5)ccc43)[nH]2)N(C(=O)[C@@H](NC(=O)OC)C(C)C)C1. The third kappa shape index (κ3) is 7.66. The maximum atomic E-state index is 14.3. The number of alkyl carbamates (subject to hydrolysis) is 2. The van der Waals surface area contributed by atoms with Crippen LogP contribution in [0.5, 0.6) is 0 Å². The number of hydrogen-bond donors (Lipinski definition) is 4. The van der Waals surface area contributed by atoms with Crippen LogP contribution >= 0.6 is 0 Å². The summed E-state index contributed by atoms with van der Waals surface area (Å²) >= 11 is 0. The topological polar surface area (TPSA) is 184 Å². The zero-order valence-electron chi connectivity index (χ0n) is 37.0. The van der Waals surface area contributed by atoms with Gasteiger partial charge in [0.2, 0.25) is 5.91 Å². The maximum Gasteiger partial charge on any atom is 0.407 e. The van der Waals surface area contributed by atoms with Crippen molar-refractivity contribution in [2.45, 2.75) is 63.3 Å². The summed E-state index contributed by atoms with van der Waals surface area (Å²) in [6.45, 7) is 4.79. The number of methoxy groups -OCH3 is 3.